The van der Waals surface area contributed by atoms with Crippen LogP contribution in [0, 0.1) is 18.8 Å². The molecule has 2 saturated carbocycles. The number of rotatable bonds is 4. The molecule has 1 aromatic rings. The van der Waals surface area contributed by atoms with Crippen molar-refractivity contribution < 1.29 is 0 Å². The zero-order valence-corrected chi connectivity index (χ0v) is 13.1. The van der Waals surface area contributed by atoms with E-state index in [1.54, 1.807) is 5.56 Å². The van der Waals surface area contributed by atoms with Crippen molar-refractivity contribution >= 4 is 0 Å². The fraction of sp³-hybridized carbons (Fsp3) is 0.684. The van der Waals surface area contributed by atoms with Gasteiger partial charge in [-0.2, -0.15) is 0 Å². The Kier molecular flexibility index (Phi) is 4.45. The van der Waals surface area contributed by atoms with Gasteiger partial charge in [0.05, 0.1) is 0 Å². The second-order valence-corrected chi connectivity index (χ2v) is 7.21. The third-order valence-electron chi connectivity index (χ3n) is 5.64. The molecular formula is C19H29N. The van der Waals surface area contributed by atoms with Crippen molar-refractivity contribution in [1.29, 1.82) is 0 Å². The summed E-state index contributed by atoms with van der Waals surface area (Å²) in [5, 5.41) is 3.83. The van der Waals surface area contributed by atoms with Gasteiger partial charge in [0.25, 0.3) is 0 Å². The molecule has 20 heavy (non-hydrogen) atoms. The summed E-state index contributed by atoms with van der Waals surface area (Å²) in [7, 11) is 0. The predicted molar refractivity (Wildman–Crippen MR) is 86.1 cm³/mol. The molecule has 1 heteroatoms. The molecule has 0 saturated heterocycles. The zero-order chi connectivity index (χ0) is 13.9. The Bertz CT molecular complexity index is 416. The van der Waals surface area contributed by atoms with Crippen LogP contribution in [0.25, 0.3) is 0 Å². The molecule has 0 aromatic heterocycles. The maximum atomic E-state index is 3.83. The fourth-order valence-electron chi connectivity index (χ4n) is 3.91. The molecule has 1 N–H and O–H groups in total. The number of aryl methyl sites for hydroxylation is 1. The highest BCUT2D eigenvalue weighted by Crippen LogP contribution is 2.37. The molecule has 0 aliphatic heterocycles. The van der Waals surface area contributed by atoms with Crippen LogP contribution in [0.3, 0.4) is 0 Å². The topological polar surface area (TPSA) is 12.0 Å². The van der Waals surface area contributed by atoms with E-state index in [0.717, 1.165) is 23.8 Å². The second kappa shape index (κ2) is 6.30. The first-order valence-corrected chi connectivity index (χ1v) is 8.52. The minimum Gasteiger partial charge on any atom is -0.314 e. The molecule has 0 heterocycles. The van der Waals surface area contributed by atoms with Gasteiger partial charge in [0.1, 0.15) is 0 Å². The van der Waals surface area contributed by atoms with Crippen molar-refractivity contribution in [1.82, 2.24) is 5.32 Å². The first-order chi connectivity index (χ1) is 9.72. The van der Waals surface area contributed by atoms with Gasteiger partial charge in [-0.05, 0) is 56.0 Å². The van der Waals surface area contributed by atoms with Crippen LogP contribution in [0.1, 0.15) is 62.5 Å². The van der Waals surface area contributed by atoms with Crippen LogP contribution in [0.5, 0.6) is 0 Å². The van der Waals surface area contributed by atoms with E-state index in [1.165, 1.54) is 50.6 Å². The van der Waals surface area contributed by atoms with Gasteiger partial charge in [0.2, 0.25) is 0 Å². The maximum absolute atomic E-state index is 3.83. The van der Waals surface area contributed by atoms with E-state index in [9.17, 15) is 0 Å². The van der Waals surface area contributed by atoms with Crippen LogP contribution < -0.4 is 5.32 Å². The number of hydrogen-bond acceptors (Lipinski definition) is 1. The van der Waals surface area contributed by atoms with E-state index in [2.05, 4.69) is 43.4 Å². The summed E-state index contributed by atoms with van der Waals surface area (Å²) in [5.41, 5.74) is 2.91. The first kappa shape index (κ1) is 14.1. The summed E-state index contributed by atoms with van der Waals surface area (Å²) >= 11 is 0. The average molecular weight is 271 g/mol. The molecule has 2 aliphatic carbocycles. The van der Waals surface area contributed by atoms with E-state index in [4.69, 9.17) is 0 Å². The summed E-state index contributed by atoms with van der Waals surface area (Å²) in [6.45, 7) is 5.87. The van der Waals surface area contributed by atoms with Crippen LogP contribution in [0.15, 0.2) is 24.3 Å². The van der Waals surface area contributed by atoms with Crippen molar-refractivity contribution in [2.75, 3.05) is 6.54 Å². The Morgan fingerprint density at radius 3 is 2.45 bits per heavy atom. The van der Waals surface area contributed by atoms with Crippen LogP contribution in [0.4, 0.5) is 0 Å². The van der Waals surface area contributed by atoms with Gasteiger partial charge in [0.15, 0.2) is 0 Å². The highest BCUT2D eigenvalue weighted by molar-refractivity contribution is 5.26. The van der Waals surface area contributed by atoms with Crippen molar-refractivity contribution in [2.24, 2.45) is 11.8 Å². The fourth-order valence-corrected chi connectivity index (χ4v) is 3.91. The summed E-state index contributed by atoms with van der Waals surface area (Å²) in [5.74, 6) is 2.67. The van der Waals surface area contributed by atoms with Crippen molar-refractivity contribution in [3.05, 3.63) is 35.4 Å². The molecule has 110 valence electrons. The summed E-state index contributed by atoms with van der Waals surface area (Å²) < 4.78 is 0. The maximum Gasteiger partial charge on any atom is 0.00788 e. The summed E-state index contributed by atoms with van der Waals surface area (Å²) in [4.78, 5) is 0. The molecule has 0 spiro atoms. The van der Waals surface area contributed by atoms with Gasteiger partial charge in [-0.3, -0.25) is 0 Å². The Morgan fingerprint density at radius 1 is 1.05 bits per heavy atom. The minimum atomic E-state index is 0.774. The number of benzene rings is 1. The lowest BCUT2D eigenvalue weighted by Crippen LogP contribution is -2.43. The SMILES string of the molecule is Cc1ccc(C2CC(NCC3CCCCC3C)C2)cc1. The van der Waals surface area contributed by atoms with Gasteiger partial charge in [0, 0.05) is 6.04 Å². The van der Waals surface area contributed by atoms with Gasteiger partial charge >= 0.3 is 0 Å². The molecule has 2 unspecified atom stereocenters. The highest BCUT2D eigenvalue weighted by Gasteiger charge is 2.31. The lowest BCUT2D eigenvalue weighted by molar-refractivity contribution is 0.213. The van der Waals surface area contributed by atoms with Gasteiger partial charge in [-0.15, -0.1) is 0 Å². The van der Waals surface area contributed by atoms with Crippen molar-refractivity contribution in [2.45, 2.75) is 64.3 Å². The molecule has 2 atom stereocenters. The van der Waals surface area contributed by atoms with E-state index in [0.29, 0.717) is 0 Å². The summed E-state index contributed by atoms with van der Waals surface area (Å²) in [6.07, 6.45) is 8.48. The molecule has 1 aromatic carbocycles. The lowest BCUT2D eigenvalue weighted by Gasteiger charge is -2.38. The van der Waals surface area contributed by atoms with Crippen LogP contribution in [-0.2, 0) is 0 Å². The molecule has 0 radical (unpaired) electrons. The average Bonchev–Trinajstić information content (AvgIpc) is 2.41. The highest BCUT2D eigenvalue weighted by atomic mass is 14.9. The predicted octanol–water partition coefficient (Wildman–Crippen LogP) is 4.66. The van der Waals surface area contributed by atoms with Gasteiger partial charge in [-0.25, -0.2) is 0 Å². The molecule has 2 fully saturated rings. The Hall–Kier alpha value is -0.820. The van der Waals surface area contributed by atoms with Crippen LogP contribution in [-0.4, -0.2) is 12.6 Å². The molecule has 0 amide bonds. The Balaban J connectivity index is 1.41. The van der Waals surface area contributed by atoms with Gasteiger partial charge in [-0.1, -0.05) is 56.0 Å². The molecule has 1 nitrogen and oxygen atoms in total. The molecule has 2 aliphatic rings. The van der Waals surface area contributed by atoms with Crippen molar-refractivity contribution in [3.63, 3.8) is 0 Å². The van der Waals surface area contributed by atoms with E-state index < -0.39 is 0 Å². The standard InChI is InChI=1S/C19H29N/c1-14-7-9-16(10-8-14)18-11-19(12-18)20-13-17-6-4-3-5-15(17)2/h7-10,15,17-20H,3-6,11-13H2,1-2H3. The normalized spacial score (nSPS) is 33.7. The van der Waals surface area contributed by atoms with Crippen LogP contribution in [0.2, 0.25) is 0 Å². The number of nitrogens with one attached hydrogen (secondary N) is 1. The summed E-state index contributed by atoms with van der Waals surface area (Å²) in [6, 6.07) is 9.91. The third-order valence-corrected chi connectivity index (χ3v) is 5.64. The van der Waals surface area contributed by atoms with Gasteiger partial charge < -0.3 is 5.32 Å². The quantitative estimate of drug-likeness (QED) is 0.840. The zero-order valence-electron chi connectivity index (χ0n) is 13.1. The first-order valence-electron chi connectivity index (χ1n) is 8.52. The Labute approximate surface area is 124 Å². The van der Waals surface area contributed by atoms with E-state index >= 15 is 0 Å². The Morgan fingerprint density at radius 2 is 1.75 bits per heavy atom. The largest absolute Gasteiger partial charge is 0.314 e. The number of hydrogen-bond donors (Lipinski definition) is 1. The van der Waals surface area contributed by atoms with Crippen LogP contribution >= 0.6 is 0 Å². The van der Waals surface area contributed by atoms with E-state index in [-0.39, 0.29) is 0 Å². The monoisotopic (exact) mass is 271 g/mol. The second-order valence-electron chi connectivity index (χ2n) is 7.21. The lowest BCUT2D eigenvalue weighted by atomic mass is 9.75. The smallest absolute Gasteiger partial charge is 0.00788 e. The molecule has 0 bridgehead atoms. The minimum absolute atomic E-state index is 0.774. The van der Waals surface area contributed by atoms with E-state index in [1.807, 2.05) is 0 Å². The third kappa shape index (κ3) is 3.25. The molecular weight excluding hydrogens is 242 g/mol. The van der Waals surface area contributed by atoms with Crippen molar-refractivity contribution in [3.8, 4) is 0 Å². The molecule has 3 rings (SSSR count).